The normalized spacial score (nSPS) is 10.5. The largest absolute Gasteiger partial charge is 0.371 e. The van der Waals surface area contributed by atoms with Gasteiger partial charge in [0.2, 0.25) is 5.91 Å². The molecule has 0 saturated heterocycles. The van der Waals surface area contributed by atoms with Gasteiger partial charge in [-0.25, -0.2) is 4.68 Å². The molecule has 1 aromatic carbocycles. The molecular formula is C24H29N9O. The van der Waals surface area contributed by atoms with E-state index in [2.05, 4.69) is 39.4 Å². The van der Waals surface area contributed by atoms with Crippen LogP contribution in [0.1, 0.15) is 57.7 Å². The van der Waals surface area contributed by atoms with Crippen molar-refractivity contribution in [3.63, 3.8) is 0 Å². The van der Waals surface area contributed by atoms with E-state index < -0.39 is 0 Å². The maximum Gasteiger partial charge on any atom is 0.221 e. The zero-order chi connectivity index (χ0) is 24.9. The average molecular weight is 460 g/mol. The summed E-state index contributed by atoms with van der Waals surface area (Å²) in [4.78, 5) is 14.2. The highest BCUT2D eigenvalue weighted by Crippen LogP contribution is 2.33. The molecule has 1 N–H and O–H groups in total. The molecule has 0 unspecified atom stereocenters. The monoisotopic (exact) mass is 459 g/mol. The Morgan fingerprint density at radius 2 is 1.82 bits per heavy atom. The molecule has 0 spiro atoms. The minimum atomic E-state index is -0.245. The fourth-order valence-corrected chi connectivity index (χ4v) is 3.36. The first-order chi connectivity index (χ1) is 16.5. The van der Waals surface area contributed by atoms with E-state index in [0.29, 0.717) is 11.4 Å². The van der Waals surface area contributed by atoms with Gasteiger partial charge in [0.05, 0.1) is 29.9 Å². The molecular weight excluding hydrogens is 430 g/mol. The third-order valence-electron chi connectivity index (χ3n) is 5.05. The van der Waals surface area contributed by atoms with Crippen molar-refractivity contribution in [2.24, 2.45) is 10.2 Å². The van der Waals surface area contributed by atoms with Gasteiger partial charge in [0.1, 0.15) is 23.9 Å². The lowest BCUT2D eigenvalue weighted by Gasteiger charge is -2.25. The Morgan fingerprint density at radius 3 is 2.38 bits per heavy atom. The van der Waals surface area contributed by atoms with Crippen molar-refractivity contribution in [3.8, 4) is 18.2 Å². The second-order valence-electron chi connectivity index (χ2n) is 7.68. The topological polar surface area (TPSA) is 146 Å². The summed E-state index contributed by atoms with van der Waals surface area (Å²) in [6, 6.07) is 11.5. The number of nitrogens with one attached hydrogen (secondary N) is 1. The van der Waals surface area contributed by atoms with Crippen LogP contribution in [0.2, 0.25) is 0 Å². The molecule has 176 valence electrons. The van der Waals surface area contributed by atoms with E-state index in [9.17, 15) is 10.1 Å². The first kappa shape index (κ1) is 26.0. The van der Waals surface area contributed by atoms with Crippen LogP contribution in [0.25, 0.3) is 0 Å². The Balaban J connectivity index is 2.49. The summed E-state index contributed by atoms with van der Waals surface area (Å²) < 4.78 is 1.25. The summed E-state index contributed by atoms with van der Waals surface area (Å²) in [6.45, 7) is 7.41. The molecule has 0 aliphatic rings. The zero-order valence-electron chi connectivity index (χ0n) is 19.9. The van der Waals surface area contributed by atoms with Crippen molar-refractivity contribution < 1.29 is 4.79 Å². The summed E-state index contributed by atoms with van der Waals surface area (Å²) >= 11 is 0. The van der Waals surface area contributed by atoms with E-state index in [0.717, 1.165) is 44.5 Å². The van der Waals surface area contributed by atoms with Crippen LogP contribution in [0, 0.1) is 34.0 Å². The van der Waals surface area contributed by atoms with Crippen molar-refractivity contribution in [1.82, 2.24) is 9.78 Å². The van der Waals surface area contributed by atoms with Gasteiger partial charge in [0.15, 0.2) is 5.82 Å². The number of rotatable bonds is 12. The van der Waals surface area contributed by atoms with E-state index in [1.165, 1.54) is 11.6 Å². The molecule has 34 heavy (non-hydrogen) atoms. The highest BCUT2D eigenvalue weighted by atomic mass is 16.1. The predicted octanol–water partition coefficient (Wildman–Crippen LogP) is 5.12. The molecule has 2 aromatic rings. The Kier molecular flexibility index (Phi) is 10.2. The number of nitrogens with zero attached hydrogens (tertiary/aromatic N) is 8. The third kappa shape index (κ3) is 6.88. The van der Waals surface area contributed by atoms with Gasteiger partial charge >= 0.3 is 0 Å². The van der Waals surface area contributed by atoms with Crippen molar-refractivity contribution in [1.29, 1.82) is 15.8 Å². The molecule has 0 radical (unpaired) electrons. The van der Waals surface area contributed by atoms with Crippen LogP contribution < -0.4 is 10.2 Å². The smallest absolute Gasteiger partial charge is 0.221 e. The third-order valence-corrected chi connectivity index (χ3v) is 5.05. The first-order valence-electron chi connectivity index (χ1n) is 11.3. The summed E-state index contributed by atoms with van der Waals surface area (Å²) in [6.07, 6.45) is 4.20. The minimum Gasteiger partial charge on any atom is -0.371 e. The molecule has 10 heteroatoms. The molecule has 1 heterocycles. The summed E-state index contributed by atoms with van der Waals surface area (Å²) in [5.41, 5.74) is 2.22. The lowest BCUT2D eigenvalue weighted by atomic mass is 10.2. The maximum atomic E-state index is 11.9. The molecule has 2 rings (SSSR count). The maximum absolute atomic E-state index is 11.9. The summed E-state index contributed by atoms with van der Waals surface area (Å²) in [5.74, 6) is -0.148. The number of carbonyl (C=O) groups excluding carboxylic acids is 1. The number of amides is 1. The van der Waals surface area contributed by atoms with E-state index in [1.54, 1.807) is 6.07 Å². The van der Waals surface area contributed by atoms with Crippen LogP contribution in [0.4, 0.5) is 22.9 Å². The molecule has 1 aromatic heterocycles. The quantitative estimate of drug-likeness (QED) is 0.435. The number of benzene rings is 1. The van der Waals surface area contributed by atoms with Crippen molar-refractivity contribution in [3.05, 3.63) is 29.5 Å². The minimum absolute atomic E-state index is 0.0823. The standard InChI is InChI=1S/C24H29N9O/c1-4-6-13-32(14-7-5-2)19-8-9-22(23(16-19)28-18(3)34)29-30-24-20(17-27)21(10-11-25)31-33(24)15-12-26/h8-9,16H,4-7,10,13-15H2,1-3H3,(H,28,34). The molecule has 0 aliphatic heterocycles. The van der Waals surface area contributed by atoms with Crippen molar-refractivity contribution in [2.45, 2.75) is 59.4 Å². The van der Waals surface area contributed by atoms with Gasteiger partial charge in [0.25, 0.3) is 0 Å². The number of hydrogen-bond acceptors (Lipinski definition) is 8. The van der Waals surface area contributed by atoms with Gasteiger partial charge in [-0.1, -0.05) is 26.7 Å². The van der Waals surface area contributed by atoms with Gasteiger partial charge < -0.3 is 10.2 Å². The average Bonchev–Trinajstić information content (AvgIpc) is 3.14. The van der Waals surface area contributed by atoms with Gasteiger partial charge in [-0.2, -0.15) is 20.9 Å². The highest BCUT2D eigenvalue weighted by Gasteiger charge is 2.18. The van der Waals surface area contributed by atoms with Crippen molar-refractivity contribution >= 4 is 28.8 Å². The zero-order valence-corrected chi connectivity index (χ0v) is 19.9. The lowest BCUT2D eigenvalue weighted by Crippen LogP contribution is -2.25. The Labute approximate surface area is 200 Å². The number of nitriles is 3. The van der Waals surface area contributed by atoms with Gasteiger partial charge in [-0.3, -0.25) is 4.79 Å². The summed E-state index contributed by atoms with van der Waals surface area (Å²) in [7, 11) is 0. The molecule has 0 bridgehead atoms. The molecule has 1 amide bonds. The Morgan fingerprint density at radius 1 is 1.12 bits per heavy atom. The fraction of sp³-hybridized carbons (Fsp3) is 0.458. The van der Waals surface area contributed by atoms with Crippen molar-refractivity contribution in [2.75, 3.05) is 23.3 Å². The second-order valence-corrected chi connectivity index (χ2v) is 7.68. The molecule has 0 saturated carbocycles. The number of anilines is 2. The highest BCUT2D eigenvalue weighted by molar-refractivity contribution is 5.93. The number of unbranched alkanes of at least 4 members (excludes halogenated alkanes) is 2. The van der Waals surface area contributed by atoms with Crippen LogP contribution in [0.5, 0.6) is 0 Å². The molecule has 0 atom stereocenters. The van der Waals surface area contributed by atoms with E-state index in [1.807, 2.05) is 30.3 Å². The van der Waals surface area contributed by atoms with E-state index in [4.69, 9.17) is 10.5 Å². The number of aromatic nitrogens is 2. The van der Waals surface area contributed by atoms with Crippen LogP contribution in [0.3, 0.4) is 0 Å². The SMILES string of the molecule is CCCCN(CCCC)c1ccc(N=Nc2c(C#N)c(CC#N)nn2CC#N)c(NC(C)=O)c1. The Bertz CT molecular complexity index is 1140. The molecule has 0 aliphatic carbocycles. The van der Waals surface area contributed by atoms with E-state index >= 15 is 0 Å². The van der Waals surface area contributed by atoms with Crippen LogP contribution in [-0.2, 0) is 17.8 Å². The predicted molar refractivity (Wildman–Crippen MR) is 129 cm³/mol. The number of hydrogen-bond donors (Lipinski definition) is 1. The van der Waals surface area contributed by atoms with E-state index in [-0.39, 0.29) is 35.9 Å². The Hall–Kier alpha value is -4.23. The first-order valence-corrected chi connectivity index (χ1v) is 11.3. The van der Waals surface area contributed by atoms with Crippen LogP contribution >= 0.6 is 0 Å². The van der Waals surface area contributed by atoms with Gasteiger partial charge in [0, 0.05) is 25.7 Å². The number of carbonyl (C=O) groups is 1. The van der Waals surface area contributed by atoms with Crippen LogP contribution in [-0.4, -0.2) is 28.8 Å². The number of azo groups is 1. The van der Waals surface area contributed by atoms with Gasteiger partial charge in [-0.05, 0) is 31.0 Å². The molecule has 10 nitrogen and oxygen atoms in total. The van der Waals surface area contributed by atoms with Gasteiger partial charge in [-0.15, -0.1) is 10.2 Å². The lowest BCUT2D eigenvalue weighted by molar-refractivity contribution is -0.114. The summed E-state index contributed by atoms with van der Waals surface area (Å²) in [5, 5.41) is 43.1. The fourth-order valence-electron chi connectivity index (χ4n) is 3.36. The second kappa shape index (κ2) is 13.3. The van der Waals surface area contributed by atoms with Crippen LogP contribution in [0.15, 0.2) is 28.4 Å². The molecule has 0 fully saturated rings.